The van der Waals surface area contributed by atoms with Crippen LogP contribution in [0.3, 0.4) is 0 Å². The number of carboxylic acids is 1. The van der Waals surface area contributed by atoms with Crippen molar-refractivity contribution in [2.45, 2.75) is 20.8 Å². The molecule has 1 aromatic carbocycles. The highest BCUT2D eigenvalue weighted by atomic mass is 19.1. The maximum absolute atomic E-state index is 13.6. The lowest BCUT2D eigenvalue weighted by Crippen LogP contribution is -2.17. The number of carbonyl (C=O) groups excluding carboxylic acids is 1. The molecule has 0 aliphatic heterocycles. The molecule has 2 rings (SSSR count). The molecular weight excluding hydrogens is 277 g/mol. The van der Waals surface area contributed by atoms with Gasteiger partial charge in [-0.15, -0.1) is 0 Å². The lowest BCUT2D eigenvalue weighted by Gasteiger charge is -2.09. The number of hydrogen-bond acceptors (Lipinski definition) is 3. The average molecular weight is 291 g/mol. The Morgan fingerprint density at radius 2 is 1.81 bits per heavy atom. The summed E-state index contributed by atoms with van der Waals surface area (Å²) in [5.41, 5.74) is 0.331. The number of anilines is 1. The largest absolute Gasteiger partial charge is 0.478 e. The van der Waals surface area contributed by atoms with Crippen LogP contribution in [0.25, 0.3) is 0 Å². The number of carbonyl (C=O) groups is 2. The second-order valence-electron chi connectivity index (χ2n) is 4.64. The first-order valence-electron chi connectivity index (χ1n) is 6.22. The van der Waals surface area contributed by atoms with Crippen LogP contribution < -0.4 is 5.32 Å². The summed E-state index contributed by atoms with van der Waals surface area (Å²) in [5.74, 6) is -1.85. The van der Waals surface area contributed by atoms with E-state index in [9.17, 15) is 14.0 Å². The lowest BCUT2D eigenvalue weighted by molar-refractivity contribution is 0.0693. The first kappa shape index (κ1) is 14.8. The van der Waals surface area contributed by atoms with Gasteiger partial charge < -0.3 is 14.8 Å². The molecular formula is C15H14FNO4. The van der Waals surface area contributed by atoms with E-state index in [0.29, 0.717) is 22.6 Å². The van der Waals surface area contributed by atoms with Gasteiger partial charge in [-0.05, 0) is 32.9 Å². The van der Waals surface area contributed by atoms with Gasteiger partial charge in [-0.2, -0.15) is 0 Å². The highest BCUT2D eigenvalue weighted by Crippen LogP contribution is 2.24. The van der Waals surface area contributed by atoms with Gasteiger partial charge in [0, 0.05) is 5.56 Å². The molecule has 0 spiro atoms. The van der Waals surface area contributed by atoms with E-state index in [1.165, 1.54) is 12.1 Å². The Morgan fingerprint density at radius 3 is 2.33 bits per heavy atom. The summed E-state index contributed by atoms with van der Waals surface area (Å²) in [4.78, 5) is 23.4. The van der Waals surface area contributed by atoms with Crippen LogP contribution in [0.1, 0.15) is 37.8 Å². The molecule has 0 unspecified atom stereocenters. The number of amides is 1. The summed E-state index contributed by atoms with van der Waals surface area (Å²) in [6.45, 7) is 5.09. The molecule has 0 aliphatic carbocycles. The van der Waals surface area contributed by atoms with E-state index in [4.69, 9.17) is 9.52 Å². The molecule has 5 nitrogen and oxygen atoms in total. The monoisotopic (exact) mass is 291 g/mol. The number of hydrogen-bond donors (Lipinski definition) is 2. The molecule has 0 bridgehead atoms. The van der Waals surface area contributed by atoms with E-state index in [1.54, 1.807) is 20.8 Å². The van der Waals surface area contributed by atoms with E-state index >= 15 is 0 Å². The Balaban J connectivity index is 2.41. The van der Waals surface area contributed by atoms with Crippen molar-refractivity contribution in [2.24, 2.45) is 0 Å². The van der Waals surface area contributed by atoms with Gasteiger partial charge in [0.15, 0.2) is 0 Å². The lowest BCUT2D eigenvalue weighted by atomic mass is 10.1. The summed E-state index contributed by atoms with van der Waals surface area (Å²) in [5, 5.41) is 11.5. The summed E-state index contributed by atoms with van der Waals surface area (Å²) >= 11 is 0. The summed E-state index contributed by atoms with van der Waals surface area (Å²) in [6, 6.07) is 3.69. The van der Waals surface area contributed by atoms with E-state index in [1.807, 2.05) is 0 Å². The van der Waals surface area contributed by atoms with Gasteiger partial charge in [0.1, 0.15) is 22.9 Å². The van der Waals surface area contributed by atoms with E-state index in [0.717, 1.165) is 6.07 Å². The van der Waals surface area contributed by atoms with E-state index < -0.39 is 23.3 Å². The molecule has 0 saturated carbocycles. The number of aryl methyl sites for hydroxylation is 2. The molecule has 0 saturated heterocycles. The predicted molar refractivity (Wildman–Crippen MR) is 74.2 cm³/mol. The zero-order chi connectivity index (χ0) is 15.7. The minimum atomic E-state index is -1.44. The third-order valence-corrected chi connectivity index (χ3v) is 3.26. The number of aromatic carboxylic acids is 1. The highest BCUT2D eigenvalue weighted by Gasteiger charge is 2.22. The molecule has 0 atom stereocenters. The first-order valence-corrected chi connectivity index (χ1v) is 6.22. The van der Waals surface area contributed by atoms with Gasteiger partial charge in [-0.3, -0.25) is 4.79 Å². The quantitative estimate of drug-likeness (QED) is 0.909. The number of rotatable bonds is 3. The molecule has 0 aliphatic rings. The van der Waals surface area contributed by atoms with Crippen molar-refractivity contribution >= 4 is 17.6 Å². The number of halogens is 1. The molecule has 21 heavy (non-hydrogen) atoms. The molecule has 6 heteroatoms. The smallest absolute Gasteiger partial charge is 0.340 e. The van der Waals surface area contributed by atoms with Crippen molar-refractivity contribution in [1.82, 2.24) is 0 Å². The van der Waals surface area contributed by atoms with Crippen LogP contribution in [0, 0.1) is 26.6 Å². The van der Waals surface area contributed by atoms with Crippen molar-refractivity contribution in [3.05, 3.63) is 52.2 Å². The van der Waals surface area contributed by atoms with Crippen molar-refractivity contribution < 1.29 is 23.5 Å². The molecule has 110 valence electrons. The maximum Gasteiger partial charge on any atom is 0.340 e. The topological polar surface area (TPSA) is 79.5 Å². The van der Waals surface area contributed by atoms with Crippen LogP contribution in [0.5, 0.6) is 0 Å². The predicted octanol–water partition coefficient (Wildman–Crippen LogP) is 3.29. The second kappa shape index (κ2) is 5.40. The minimum Gasteiger partial charge on any atom is -0.478 e. The zero-order valence-electron chi connectivity index (χ0n) is 11.8. The van der Waals surface area contributed by atoms with Crippen LogP contribution in [-0.2, 0) is 0 Å². The van der Waals surface area contributed by atoms with Gasteiger partial charge in [-0.1, -0.05) is 6.07 Å². The number of furan rings is 1. The van der Waals surface area contributed by atoms with Crippen LogP contribution in [-0.4, -0.2) is 17.0 Å². The summed E-state index contributed by atoms with van der Waals surface area (Å²) in [7, 11) is 0. The van der Waals surface area contributed by atoms with Crippen molar-refractivity contribution in [3.8, 4) is 0 Å². The van der Waals surface area contributed by atoms with Crippen molar-refractivity contribution in [1.29, 1.82) is 0 Å². The fourth-order valence-corrected chi connectivity index (χ4v) is 2.16. The van der Waals surface area contributed by atoms with Gasteiger partial charge in [0.05, 0.1) is 11.3 Å². The van der Waals surface area contributed by atoms with Crippen LogP contribution in [0.4, 0.5) is 10.1 Å². The summed E-state index contributed by atoms with van der Waals surface area (Å²) < 4.78 is 18.9. The summed E-state index contributed by atoms with van der Waals surface area (Å²) in [6.07, 6.45) is 0. The molecule has 2 N–H and O–H groups in total. The van der Waals surface area contributed by atoms with E-state index in [-0.39, 0.29) is 5.69 Å². The third kappa shape index (κ3) is 2.65. The maximum atomic E-state index is 13.6. The minimum absolute atomic E-state index is 0.0925. The van der Waals surface area contributed by atoms with Gasteiger partial charge in [-0.25, -0.2) is 9.18 Å². The van der Waals surface area contributed by atoms with Gasteiger partial charge in [0.25, 0.3) is 5.91 Å². The number of nitrogens with one attached hydrogen (secondary N) is 1. The van der Waals surface area contributed by atoms with Crippen LogP contribution in [0.2, 0.25) is 0 Å². The van der Waals surface area contributed by atoms with Gasteiger partial charge in [0.2, 0.25) is 0 Å². The molecule has 1 aromatic heterocycles. The van der Waals surface area contributed by atoms with Crippen LogP contribution >= 0.6 is 0 Å². The van der Waals surface area contributed by atoms with Crippen molar-refractivity contribution in [2.75, 3.05) is 5.32 Å². The van der Waals surface area contributed by atoms with Gasteiger partial charge >= 0.3 is 5.97 Å². The second-order valence-corrected chi connectivity index (χ2v) is 4.64. The normalized spacial score (nSPS) is 10.5. The Labute approximate surface area is 120 Å². The highest BCUT2D eigenvalue weighted by molar-refractivity contribution is 6.09. The Hall–Kier alpha value is -2.63. The molecule has 2 aromatic rings. The number of benzene rings is 1. The van der Waals surface area contributed by atoms with Crippen molar-refractivity contribution in [3.63, 3.8) is 0 Å². The SMILES string of the molecule is Cc1oc(C)c(C(=O)Nc2cccc(F)c2C(=O)O)c1C. The Kier molecular flexibility index (Phi) is 3.80. The Bertz CT molecular complexity index is 734. The fraction of sp³-hybridized carbons (Fsp3) is 0.200. The number of carboxylic acid groups (broad SMARTS) is 1. The molecule has 0 fully saturated rings. The Morgan fingerprint density at radius 1 is 1.14 bits per heavy atom. The van der Waals surface area contributed by atoms with Crippen LogP contribution in [0.15, 0.2) is 22.6 Å². The fourth-order valence-electron chi connectivity index (χ4n) is 2.16. The molecule has 0 radical (unpaired) electrons. The zero-order valence-corrected chi connectivity index (χ0v) is 11.8. The molecule has 1 amide bonds. The third-order valence-electron chi connectivity index (χ3n) is 3.26. The standard InChI is InChI=1S/C15H14FNO4/c1-7-8(2)21-9(3)12(7)14(18)17-11-6-4-5-10(16)13(11)15(19)20/h4-6H,1-3H3,(H,17,18)(H,19,20). The van der Waals surface area contributed by atoms with E-state index in [2.05, 4.69) is 5.32 Å². The average Bonchev–Trinajstić information content (AvgIpc) is 2.62. The first-order chi connectivity index (χ1) is 9.82. The molecule has 1 heterocycles.